The second-order valence-corrected chi connectivity index (χ2v) is 8.64. The minimum absolute atomic E-state index is 0.0407. The van der Waals surface area contributed by atoms with Gasteiger partial charge in [-0.05, 0) is 30.7 Å². The van der Waals surface area contributed by atoms with E-state index in [0.717, 1.165) is 0 Å². The first-order chi connectivity index (χ1) is 15.3. The molecule has 32 heavy (non-hydrogen) atoms. The van der Waals surface area contributed by atoms with Crippen LogP contribution in [0.15, 0.2) is 65.6 Å². The minimum Gasteiger partial charge on any atom is -0.497 e. The Kier molecular flexibility index (Phi) is 5.68. The van der Waals surface area contributed by atoms with Gasteiger partial charge in [-0.3, -0.25) is 0 Å². The number of nitrogens with one attached hydrogen (secondary N) is 1. The summed E-state index contributed by atoms with van der Waals surface area (Å²) in [5.41, 5.74) is 3.63. The van der Waals surface area contributed by atoms with Crippen LogP contribution in [-0.2, 0) is 10.0 Å². The number of benzene rings is 3. The van der Waals surface area contributed by atoms with Crippen molar-refractivity contribution in [2.75, 3.05) is 19.5 Å². The van der Waals surface area contributed by atoms with Crippen molar-refractivity contribution >= 4 is 32.6 Å². The summed E-state index contributed by atoms with van der Waals surface area (Å²) in [5.74, 6) is 1.66. The monoisotopic (exact) mass is 450 g/mol. The minimum atomic E-state index is -3.90. The number of ether oxygens (including phenoxy) is 2. The first-order valence-electron chi connectivity index (χ1n) is 9.70. The lowest BCUT2D eigenvalue weighted by Gasteiger charge is -2.16. The molecule has 3 aromatic carbocycles. The van der Waals surface area contributed by atoms with E-state index in [1.54, 1.807) is 51.5 Å². The predicted octanol–water partition coefficient (Wildman–Crippen LogP) is 4.01. The van der Waals surface area contributed by atoms with Crippen molar-refractivity contribution in [3.63, 3.8) is 0 Å². The van der Waals surface area contributed by atoms with E-state index < -0.39 is 10.0 Å². The summed E-state index contributed by atoms with van der Waals surface area (Å²) in [7, 11) is -0.755. The third kappa shape index (κ3) is 4.20. The average molecular weight is 451 g/mol. The zero-order chi connectivity index (χ0) is 22.9. The van der Waals surface area contributed by atoms with Gasteiger partial charge < -0.3 is 14.8 Å². The summed E-state index contributed by atoms with van der Waals surface area (Å²) in [6.07, 6.45) is 0. The Morgan fingerprint density at radius 2 is 1.50 bits per heavy atom. The van der Waals surface area contributed by atoms with E-state index >= 15 is 0 Å². The Balaban J connectivity index is 1.94. The van der Waals surface area contributed by atoms with Gasteiger partial charge in [0.15, 0.2) is 5.82 Å². The van der Waals surface area contributed by atoms with Crippen LogP contribution in [0, 0.1) is 6.92 Å². The Bertz CT molecular complexity index is 1400. The van der Waals surface area contributed by atoms with Gasteiger partial charge in [0.25, 0.3) is 0 Å². The third-order valence-electron chi connectivity index (χ3n) is 5.03. The maximum Gasteiger partial charge on any atom is 0.238 e. The molecular formula is C23H22N4O4S. The SMILES string of the molecule is COc1cc(Nc2nc3ccccc3nc2-c2cccc(S(N)(=O)=O)c2C)cc(OC)c1. The molecule has 0 fully saturated rings. The first-order valence-corrected chi connectivity index (χ1v) is 11.2. The molecule has 0 aliphatic carbocycles. The van der Waals surface area contributed by atoms with Crippen LogP contribution in [0.5, 0.6) is 11.5 Å². The molecule has 8 nitrogen and oxygen atoms in total. The molecule has 0 amide bonds. The largest absolute Gasteiger partial charge is 0.497 e. The lowest BCUT2D eigenvalue weighted by Crippen LogP contribution is -2.14. The van der Waals surface area contributed by atoms with Crippen molar-refractivity contribution in [1.82, 2.24) is 9.97 Å². The summed E-state index contributed by atoms with van der Waals surface area (Å²) >= 11 is 0. The zero-order valence-electron chi connectivity index (χ0n) is 17.8. The smallest absolute Gasteiger partial charge is 0.238 e. The van der Waals surface area contributed by atoms with E-state index in [1.807, 2.05) is 24.3 Å². The van der Waals surface area contributed by atoms with Crippen molar-refractivity contribution in [1.29, 1.82) is 0 Å². The maximum absolute atomic E-state index is 12.1. The highest BCUT2D eigenvalue weighted by molar-refractivity contribution is 7.89. The van der Waals surface area contributed by atoms with Crippen molar-refractivity contribution in [2.24, 2.45) is 5.14 Å². The van der Waals surface area contributed by atoms with Crippen LogP contribution in [0.1, 0.15) is 5.56 Å². The number of nitrogens with two attached hydrogens (primary N) is 1. The fraction of sp³-hybridized carbons (Fsp3) is 0.130. The fourth-order valence-electron chi connectivity index (χ4n) is 3.47. The van der Waals surface area contributed by atoms with E-state index in [-0.39, 0.29) is 4.90 Å². The highest BCUT2D eigenvalue weighted by Crippen LogP contribution is 2.35. The molecule has 0 atom stereocenters. The maximum atomic E-state index is 12.1. The van der Waals surface area contributed by atoms with Crippen LogP contribution < -0.4 is 19.9 Å². The third-order valence-corrected chi connectivity index (χ3v) is 6.09. The molecule has 3 N–H and O–H groups in total. The van der Waals surface area contributed by atoms with E-state index in [1.165, 1.54) is 6.07 Å². The summed E-state index contributed by atoms with van der Waals surface area (Å²) < 4.78 is 34.8. The Morgan fingerprint density at radius 3 is 2.09 bits per heavy atom. The Morgan fingerprint density at radius 1 is 0.875 bits per heavy atom. The van der Waals surface area contributed by atoms with Crippen LogP contribution >= 0.6 is 0 Å². The molecular weight excluding hydrogens is 428 g/mol. The fourth-order valence-corrected chi connectivity index (χ4v) is 4.28. The number of sulfonamides is 1. The van der Waals surface area contributed by atoms with E-state index in [4.69, 9.17) is 24.6 Å². The number of para-hydroxylation sites is 2. The van der Waals surface area contributed by atoms with Gasteiger partial charge >= 0.3 is 0 Å². The van der Waals surface area contributed by atoms with Crippen molar-refractivity contribution in [3.8, 4) is 22.8 Å². The van der Waals surface area contributed by atoms with Crippen LogP contribution in [0.2, 0.25) is 0 Å². The molecule has 0 radical (unpaired) electrons. The molecule has 0 bridgehead atoms. The second kappa shape index (κ2) is 8.45. The molecule has 0 spiro atoms. The molecule has 0 saturated heterocycles. The number of rotatable bonds is 6. The summed E-state index contributed by atoms with van der Waals surface area (Å²) in [6.45, 7) is 1.70. The van der Waals surface area contributed by atoms with Crippen LogP contribution in [0.25, 0.3) is 22.3 Å². The number of methoxy groups -OCH3 is 2. The molecule has 0 aliphatic heterocycles. The van der Waals surface area contributed by atoms with Crippen molar-refractivity contribution in [2.45, 2.75) is 11.8 Å². The van der Waals surface area contributed by atoms with Crippen molar-refractivity contribution < 1.29 is 17.9 Å². The first kappa shape index (κ1) is 21.5. The number of primary sulfonamides is 1. The lowest BCUT2D eigenvalue weighted by molar-refractivity contribution is 0.395. The van der Waals surface area contributed by atoms with E-state index in [0.29, 0.717) is 50.9 Å². The number of nitrogens with zero attached hydrogens (tertiary/aromatic N) is 2. The Hall–Kier alpha value is -3.69. The number of hydrogen-bond acceptors (Lipinski definition) is 7. The van der Waals surface area contributed by atoms with E-state index in [2.05, 4.69) is 5.32 Å². The highest BCUT2D eigenvalue weighted by atomic mass is 32.2. The Labute approximate surface area is 186 Å². The normalized spacial score (nSPS) is 11.4. The van der Waals surface area contributed by atoms with Gasteiger partial charge in [-0.25, -0.2) is 23.5 Å². The van der Waals surface area contributed by atoms with Gasteiger partial charge in [0.2, 0.25) is 10.0 Å². The number of fused-ring (bicyclic) bond motifs is 1. The summed E-state index contributed by atoms with van der Waals surface area (Å²) in [6, 6.07) is 17.7. The molecule has 4 rings (SSSR count). The van der Waals surface area contributed by atoms with Crippen LogP contribution in [-0.4, -0.2) is 32.6 Å². The van der Waals surface area contributed by atoms with Gasteiger partial charge in [-0.1, -0.05) is 24.3 Å². The van der Waals surface area contributed by atoms with Crippen molar-refractivity contribution in [3.05, 3.63) is 66.2 Å². The molecule has 1 heterocycles. The number of aromatic nitrogens is 2. The number of hydrogen-bond donors (Lipinski definition) is 2. The molecule has 4 aromatic rings. The summed E-state index contributed by atoms with van der Waals surface area (Å²) in [4.78, 5) is 9.58. The molecule has 0 saturated carbocycles. The standard InChI is InChI=1S/C23H22N4O4S/c1-14-18(7-6-10-21(14)32(24,28)29)22-23(27-20-9-5-4-8-19(20)26-22)25-15-11-16(30-2)13-17(12-15)31-3/h4-13H,1-3H3,(H,25,27)(H2,24,28,29). The molecule has 1 aromatic heterocycles. The highest BCUT2D eigenvalue weighted by Gasteiger charge is 2.19. The quantitative estimate of drug-likeness (QED) is 0.456. The van der Waals surface area contributed by atoms with Gasteiger partial charge in [-0.15, -0.1) is 0 Å². The van der Waals surface area contributed by atoms with Gasteiger partial charge in [0.1, 0.15) is 17.2 Å². The average Bonchev–Trinajstić information content (AvgIpc) is 2.77. The topological polar surface area (TPSA) is 116 Å². The predicted molar refractivity (Wildman–Crippen MR) is 124 cm³/mol. The van der Waals surface area contributed by atoms with Gasteiger partial charge in [0, 0.05) is 29.4 Å². The molecule has 0 aliphatic rings. The van der Waals surface area contributed by atoms with Gasteiger partial charge in [-0.2, -0.15) is 0 Å². The summed E-state index contributed by atoms with van der Waals surface area (Å²) in [5, 5.41) is 8.70. The van der Waals surface area contributed by atoms with Gasteiger partial charge in [0.05, 0.1) is 30.1 Å². The van der Waals surface area contributed by atoms with Crippen LogP contribution in [0.3, 0.4) is 0 Å². The molecule has 164 valence electrons. The second-order valence-electron chi connectivity index (χ2n) is 7.11. The molecule has 0 unspecified atom stereocenters. The zero-order valence-corrected chi connectivity index (χ0v) is 18.6. The molecule has 9 heteroatoms. The lowest BCUT2D eigenvalue weighted by atomic mass is 10.0. The van der Waals surface area contributed by atoms with E-state index in [9.17, 15) is 8.42 Å². The number of anilines is 2. The van der Waals surface area contributed by atoms with Crippen LogP contribution in [0.4, 0.5) is 11.5 Å².